The summed E-state index contributed by atoms with van der Waals surface area (Å²) in [5, 5.41) is 7.05. The van der Waals surface area contributed by atoms with Crippen LogP contribution in [0.25, 0.3) is 0 Å². The Morgan fingerprint density at radius 2 is 1.74 bits per heavy atom. The molecule has 1 aliphatic rings. The first-order valence-electron chi connectivity index (χ1n) is 10.6. The molecule has 2 aromatic carbocycles. The van der Waals surface area contributed by atoms with E-state index in [0.717, 1.165) is 30.0 Å². The molecule has 1 saturated heterocycles. The van der Waals surface area contributed by atoms with Gasteiger partial charge >= 0.3 is 0 Å². The number of likely N-dealkylation sites (tertiary alicyclic amines) is 1. The molecule has 0 atom stereocenters. The van der Waals surface area contributed by atoms with Crippen molar-refractivity contribution in [2.45, 2.75) is 25.8 Å². The topological polar surface area (TPSA) is 56.3 Å². The molecule has 0 radical (unpaired) electrons. The number of benzene rings is 2. The average Bonchev–Trinajstić information content (AvgIpc) is 2.78. The van der Waals surface area contributed by atoms with Crippen LogP contribution >= 0.6 is 11.6 Å². The van der Waals surface area contributed by atoms with E-state index in [4.69, 9.17) is 11.6 Å². The molecule has 3 aromatic rings. The third kappa shape index (κ3) is 5.27. The third-order valence-electron chi connectivity index (χ3n) is 5.91. The normalized spacial score (nSPS) is 15.0. The molecular formula is C24H29ClN6. The highest BCUT2D eigenvalue weighted by Gasteiger charge is 2.20. The minimum Gasteiger partial charge on any atom is -0.372 e. The standard InChI is InChI=1S/C24H29ClN6/c1-17-6-4-5-7-22(17)28-23-21(25)16-26-24(29-23)27-18-8-10-19(11-9-18)31(3)20-12-14-30(2)15-13-20/h4-11,16,20H,12-15H2,1-3H3,(H2,26,27,28,29). The van der Waals surface area contributed by atoms with Crippen LogP contribution in [0.4, 0.5) is 28.8 Å². The SMILES string of the molecule is Cc1ccccc1Nc1nc(Nc2ccc(N(C)C3CCN(C)CC3)cc2)ncc1Cl. The van der Waals surface area contributed by atoms with Crippen LogP contribution in [0, 0.1) is 6.92 Å². The van der Waals surface area contributed by atoms with Crippen molar-refractivity contribution in [1.82, 2.24) is 14.9 Å². The molecule has 1 aromatic heterocycles. The van der Waals surface area contributed by atoms with Gasteiger partial charge in [-0.2, -0.15) is 4.98 Å². The summed E-state index contributed by atoms with van der Waals surface area (Å²) in [6.45, 7) is 4.35. The lowest BCUT2D eigenvalue weighted by molar-refractivity contribution is 0.253. The van der Waals surface area contributed by atoms with Gasteiger partial charge in [-0.05, 0) is 75.8 Å². The number of aromatic nitrogens is 2. The number of halogens is 1. The Morgan fingerprint density at radius 3 is 2.45 bits per heavy atom. The van der Waals surface area contributed by atoms with E-state index < -0.39 is 0 Å². The molecule has 0 unspecified atom stereocenters. The molecule has 0 spiro atoms. The van der Waals surface area contributed by atoms with Crippen molar-refractivity contribution in [3.05, 3.63) is 65.3 Å². The van der Waals surface area contributed by atoms with Gasteiger partial charge in [0, 0.05) is 30.2 Å². The summed E-state index contributed by atoms with van der Waals surface area (Å²) in [5.74, 6) is 1.07. The highest BCUT2D eigenvalue weighted by atomic mass is 35.5. The van der Waals surface area contributed by atoms with Crippen LogP contribution in [0.5, 0.6) is 0 Å². The Balaban J connectivity index is 1.44. The molecule has 6 nitrogen and oxygen atoms in total. The van der Waals surface area contributed by atoms with E-state index in [9.17, 15) is 0 Å². The second-order valence-electron chi connectivity index (χ2n) is 8.15. The maximum atomic E-state index is 6.32. The molecule has 162 valence electrons. The fourth-order valence-electron chi connectivity index (χ4n) is 3.86. The van der Waals surface area contributed by atoms with Gasteiger partial charge in [0.2, 0.25) is 5.95 Å². The molecule has 0 saturated carbocycles. The second-order valence-corrected chi connectivity index (χ2v) is 8.55. The van der Waals surface area contributed by atoms with Crippen molar-refractivity contribution >= 4 is 40.4 Å². The van der Waals surface area contributed by atoms with Gasteiger partial charge in [-0.1, -0.05) is 29.8 Å². The van der Waals surface area contributed by atoms with Crippen LogP contribution in [-0.2, 0) is 0 Å². The second kappa shape index (κ2) is 9.54. The zero-order valence-corrected chi connectivity index (χ0v) is 19.0. The summed E-state index contributed by atoms with van der Waals surface area (Å²) in [7, 11) is 4.38. The lowest BCUT2D eigenvalue weighted by Crippen LogP contribution is -2.41. The van der Waals surface area contributed by atoms with Crippen LogP contribution in [0.3, 0.4) is 0 Å². The zero-order valence-electron chi connectivity index (χ0n) is 18.3. The Hall–Kier alpha value is -2.83. The summed E-state index contributed by atoms with van der Waals surface area (Å²) in [6.07, 6.45) is 4.00. The van der Waals surface area contributed by atoms with Gasteiger partial charge in [0.1, 0.15) is 5.02 Å². The number of anilines is 5. The monoisotopic (exact) mass is 436 g/mol. The minimum atomic E-state index is 0.476. The molecule has 0 aliphatic carbocycles. The van der Waals surface area contributed by atoms with Crippen molar-refractivity contribution < 1.29 is 0 Å². The van der Waals surface area contributed by atoms with E-state index in [1.807, 2.05) is 31.2 Å². The van der Waals surface area contributed by atoms with Crippen LogP contribution in [0.2, 0.25) is 5.02 Å². The van der Waals surface area contributed by atoms with Crippen molar-refractivity contribution in [1.29, 1.82) is 0 Å². The van der Waals surface area contributed by atoms with E-state index in [1.165, 1.54) is 18.5 Å². The number of aryl methyl sites for hydroxylation is 1. The van der Waals surface area contributed by atoms with Gasteiger partial charge in [-0.15, -0.1) is 0 Å². The first-order valence-corrected chi connectivity index (χ1v) is 11.0. The Labute approximate surface area is 189 Å². The fraction of sp³-hybridized carbons (Fsp3) is 0.333. The van der Waals surface area contributed by atoms with Gasteiger partial charge in [0.25, 0.3) is 0 Å². The number of para-hydroxylation sites is 1. The molecule has 7 heteroatoms. The van der Waals surface area contributed by atoms with Gasteiger partial charge in [0.05, 0.1) is 6.20 Å². The van der Waals surface area contributed by atoms with Crippen molar-refractivity contribution in [3.8, 4) is 0 Å². The minimum absolute atomic E-state index is 0.476. The van der Waals surface area contributed by atoms with Gasteiger partial charge in [-0.3, -0.25) is 0 Å². The lowest BCUT2D eigenvalue weighted by atomic mass is 10.0. The van der Waals surface area contributed by atoms with Gasteiger partial charge in [0.15, 0.2) is 5.82 Å². The van der Waals surface area contributed by atoms with E-state index in [0.29, 0.717) is 22.8 Å². The lowest BCUT2D eigenvalue weighted by Gasteiger charge is -2.36. The summed E-state index contributed by atoms with van der Waals surface area (Å²) in [5.41, 5.74) is 4.25. The zero-order chi connectivity index (χ0) is 21.8. The molecular weight excluding hydrogens is 408 g/mol. The predicted octanol–water partition coefficient (Wildman–Crippen LogP) is 5.46. The fourth-order valence-corrected chi connectivity index (χ4v) is 4.00. The number of piperidine rings is 1. The Kier molecular flexibility index (Phi) is 6.59. The van der Waals surface area contributed by atoms with Crippen LogP contribution in [0.15, 0.2) is 54.7 Å². The summed E-state index contributed by atoms with van der Waals surface area (Å²) < 4.78 is 0. The summed E-state index contributed by atoms with van der Waals surface area (Å²) >= 11 is 6.32. The maximum absolute atomic E-state index is 6.32. The van der Waals surface area contributed by atoms with Gasteiger partial charge < -0.3 is 20.4 Å². The molecule has 2 N–H and O–H groups in total. The summed E-state index contributed by atoms with van der Waals surface area (Å²) in [6, 6.07) is 17.0. The maximum Gasteiger partial charge on any atom is 0.229 e. The van der Waals surface area contributed by atoms with Crippen molar-refractivity contribution in [3.63, 3.8) is 0 Å². The van der Waals surface area contributed by atoms with Crippen LogP contribution < -0.4 is 15.5 Å². The number of hydrogen-bond donors (Lipinski definition) is 2. The number of nitrogens with one attached hydrogen (secondary N) is 2. The van der Waals surface area contributed by atoms with E-state index in [-0.39, 0.29) is 0 Å². The van der Waals surface area contributed by atoms with Crippen LogP contribution in [-0.4, -0.2) is 48.1 Å². The van der Waals surface area contributed by atoms with E-state index >= 15 is 0 Å². The quantitative estimate of drug-likeness (QED) is 0.535. The number of hydrogen-bond acceptors (Lipinski definition) is 6. The molecule has 1 aliphatic heterocycles. The Morgan fingerprint density at radius 1 is 1.03 bits per heavy atom. The predicted molar refractivity (Wildman–Crippen MR) is 130 cm³/mol. The smallest absolute Gasteiger partial charge is 0.229 e. The summed E-state index contributed by atoms with van der Waals surface area (Å²) in [4.78, 5) is 13.7. The third-order valence-corrected chi connectivity index (χ3v) is 6.19. The molecule has 4 rings (SSSR count). The molecule has 0 bridgehead atoms. The molecule has 0 amide bonds. The first kappa shape index (κ1) is 21.4. The first-order chi connectivity index (χ1) is 15.0. The molecule has 2 heterocycles. The highest BCUT2D eigenvalue weighted by Crippen LogP contribution is 2.27. The van der Waals surface area contributed by atoms with Gasteiger partial charge in [-0.25, -0.2) is 4.98 Å². The van der Waals surface area contributed by atoms with E-state index in [1.54, 1.807) is 6.20 Å². The largest absolute Gasteiger partial charge is 0.372 e. The average molecular weight is 437 g/mol. The highest BCUT2D eigenvalue weighted by molar-refractivity contribution is 6.32. The van der Waals surface area contributed by atoms with Crippen molar-refractivity contribution in [2.24, 2.45) is 0 Å². The van der Waals surface area contributed by atoms with Crippen LogP contribution in [0.1, 0.15) is 18.4 Å². The van der Waals surface area contributed by atoms with Crippen molar-refractivity contribution in [2.75, 3.05) is 42.7 Å². The molecule has 1 fully saturated rings. The number of rotatable bonds is 6. The number of nitrogens with zero attached hydrogens (tertiary/aromatic N) is 4. The van der Waals surface area contributed by atoms with E-state index in [2.05, 4.69) is 68.8 Å². The Bertz CT molecular complexity index is 1010. The molecule has 31 heavy (non-hydrogen) atoms.